The molecular weight excluding hydrogens is 224 g/mol. The molecule has 0 radical (unpaired) electrons. The largest absolute Gasteiger partial charge is 0.396 e. The molecule has 1 aromatic rings. The van der Waals surface area contributed by atoms with Gasteiger partial charge in [-0.3, -0.25) is 4.90 Å². The van der Waals surface area contributed by atoms with Crippen LogP contribution in [0.25, 0.3) is 0 Å². The first-order valence-electron chi connectivity index (χ1n) is 6.79. The third kappa shape index (κ3) is 3.31. The van der Waals surface area contributed by atoms with Crippen LogP contribution in [0.15, 0.2) is 30.3 Å². The highest BCUT2D eigenvalue weighted by atomic mass is 16.3. The molecule has 2 rings (SSSR count). The number of hydrogen-bond acceptors (Lipinski definition) is 3. The minimum atomic E-state index is 0.280. The molecule has 0 amide bonds. The van der Waals surface area contributed by atoms with E-state index in [0.717, 1.165) is 26.1 Å². The molecular formula is C15H24N2O. The normalized spacial score (nSPS) is 26.4. The molecule has 1 saturated heterocycles. The van der Waals surface area contributed by atoms with Gasteiger partial charge in [-0.2, -0.15) is 0 Å². The Balaban J connectivity index is 1.99. The lowest BCUT2D eigenvalue weighted by molar-refractivity contribution is 0.0359. The standard InChI is InChI=1S/C15H24N2O/c1-13-10-16(2)15(8-9-18)12-17(13)11-14-6-4-3-5-7-14/h3-7,13,15,18H,8-12H2,1-2H3/t13-,15-/m0/s1. The third-order valence-corrected chi connectivity index (χ3v) is 3.93. The first kappa shape index (κ1) is 13.5. The highest BCUT2D eigenvalue weighted by molar-refractivity contribution is 5.14. The lowest BCUT2D eigenvalue weighted by Gasteiger charge is -2.43. The van der Waals surface area contributed by atoms with Crippen molar-refractivity contribution < 1.29 is 5.11 Å². The maximum atomic E-state index is 9.13. The molecule has 2 atom stereocenters. The van der Waals surface area contributed by atoms with Gasteiger partial charge in [0.15, 0.2) is 0 Å². The van der Waals surface area contributed by atoms with Gasteiger partial charge in [-0.05, 0) is 26.0 Å². The van der Waals surface area contributed by atoms with Gasteiger partial charge in [-0.15, -0.1) is 0 Å². The Kier molecular flexibility index (Phi) is 4.75. The molecule has 1 N–H and O–H groups in total. The van der Waals surface area contributed by atoms with E-state index < -0.39 is 0 Å². The fraction of sp³-hybridized carbons (Fsp3) is 0.600. The summed E-state index contributed by atoms with van der Waals surface area (Å²) >= 11 is 0. The fourth-order valence-electron chi connectivity index (χ4n) is 2.77. The topological polar surface area (TPSA) is 26.7 Å². The van der Waals surface area contributed by atoms with E-state index in [1.165, 1.54) is 5.56 Å². The van der Waals surface area contributed by atoms with E-state index >= 15 is 0 Å². The summed E-state index contributed by atoms with van der Waals surface area (Å²) < 4.78 is 0. The summed E-state index contributed by atoms with van der Waals surface area (Å²) in [4.78, 5) is 4.90. The van der Waals surface area contributed by atoms with E-state index in [9.17, 15) is 0 Å². The quantitative estimate of drug-likeness (QED) is 0.876. The molecule has 3 nitrogen and oxygen atoms in total. The molecule has 1 aliphatic heterocycles. The Morgan fingerprint density at radius 2 is 1.94 bits per heavy atom. The summed E-state index contributed by atoms with van der Waals surface area (Å²) in [7, 11) is 2.16. The number of piperazine rings is 1. The maximum Gasteiger partial charge on any atom is 0.0446 e. The van der Waals surface area contributed by atoms with Crippen LogP contribution in [0.4, 0.5) is 0 Å². The molecule has 0 unspecified atom stereocenters. The highest BCUT2D eigenvalue weighted by Gasteiger charge is 2.28. The van der Waals surface area contributed by atoms with Crippen molar-refractivity contribution in [2.45, 2.75) is 32.0 Å². The summed E-state index contributed by atoms with van der Waals surface area (Å²) in [6, 6.07) is 11.7. The number of rotatable bonds is 4. The Morgan fingerprint density at radius 1 is 1.22 bits per heavy atom. The highest BCUT2D eigenvalue weighted by Crippen LogP contribution is 2.18. The summed E-state index contributed by atoms with van der Waals surface area (Å²) in [6.45, 7) is 5.71. The van der Waals surface area contributed by atoms with Crippen molar-refractivity contribution >= 4 is 0 Å². The predicted molar refractivity (Wildman–Crippen MR) is 74.4 cm³/mol. The Morgan fingerprint density at radius 3 is 2.61 bits per heavy atom. The van der Waals surface area contributed by atoms with Gasteiger partial charge in [0.25, 0.3) is 0 Å². The molecule has 18 heavy (non-hydrogen) atoms. The van der Waals surface area contributed by atoms with Crippen molar-refractivity contribution in [1.29, 1.82) is 0 Å². The second-order valence-corrected chi connectivity index (χ2v) is 5.37. The van der Waals surface area contributed by atoms with Crippen LogP contribution in [-0.2, 0) is 6.54 Å². The fourth-order valence-corrected chi connectivity index (χ4v) is 2.77. The van der Waals surface area contributed by atoms with Crippen LogP contribution in [0.3, 0.4) is 0 Å². The second-order valence-electron chi connectivity index (χ2n) is 5.37. The van der Waals surface area contributed by atoms with Crippen molar-refractivity contribution in [3.8, 4) is 0 Å². The molecule has 1 heterocycles. The molecule has 3 heteroatoms. The summed E-state index contributed by atoms with van der Waals surface area (Å²) in [5, 5.41) is 9.13. The zero-order valence-corrected chi connectivity index (χ0v) is 11.4. The van der Waals surface area contributed by atoms with E-state index in [2.05, 4.69) is 54.1 Å². The van der Waals surface area contributed by atoms with Gasteiger partial charge < -0.3 is 10.0 Å². The van der Waals surface area contributed by atoms with E-state index in [4.69, 9.17) is 5.11 Å². The molecule has 1 aliphatic rings. The monoisotopic (exact) mass is 248 g/mol. The van der Waals surface area contributed by atoms with Gasteiger partial charge in [-0.25, -0.2) is 0 Å². The van der Waals surface area contributed by atoms with Gasteiger partial charge in [0, 0.05) is 38.3 Å². The van der Waals surface area contributed by atoms with Crippen LogP contribution in [0.5, 0.6) is 0 Å². The zero-order chi connectivity index (χ0) is 13.0. The van der Waals surface area contributed by atoms with E-state index in [1.807, 2.05) is 0 Å². The Hall–Kier alpha value is -0.900. The number of benzene rings is 1. The molecule has 1 fully saturated rings. The van der Waals surface area contributed by atoms with Crippen LogP contribution < -0.4 is 0 Å². The Bertz CT molecular complexity index is 355. The number of likely N-dealkylation sites (N-methyl/N-ethyl adjacent to an activating group) is 1. The minimum Gasteiger partial charge on any atom is -0.396 e. The molecule has 0 spiro atoms. The average Bonchev–Trinajstić information content (AvgIpc) is 2.37. The number of hydrogen-bond donors (Lipinski definition) is 1. The number of aliphatic hydroxyl groups is 1. The summed E-state index contributed by atoms with van der Waals surface area (Å²) in [6.07, 6.45) is 0.870. The maximum absolute atomic E-state index is 9.13. The van der Waals surface area contributed by atoms with Gasteiger partial charge in [0.2, 0.25) is 0 Å². The lowest BCUT2D eigenvalue weighted by Crippen LogP contribution is -2.55. The smallest absolute Gasteiger partial charge is 0.0446 e. The van der Waals surface area contributed by atoms with Crippen molar-refractivity contribution in [3.63, 3.8) is 0 Å². The number of aliphatic hydroxyl groups excluding tert-OH is 1. The van der Waals surface area contributed by atoms with Crippen LogP contribution in [-0.4, -0.2) is 53.7 Å². The van der Waals surface area contributed by atoms with Crippen molar-refractivity contribution in [2.75, 3.05) is 26.7 Å². The Labute approximate surface area is 110 Å². The molecule has 0 saturated carbocycles. The number of nitrogens with zero attached hydrogens (tertiary/aromatic N) is 2. The first-order chi connectivity index (χ1) is 8.70. The van der Waals surface area contributed by atoms with Crippen LogP contribution >= 0.6 is 0 Å². The van der Waals surface area contributed by atoms with Crippen molar-refractivity contribution in [1.82, 2.24) is 9.80 Å². The molecule has 0 aliphatic carbocycles. The van der Waals surface area contributed by atoms with Crippen LogP contribution in [0.1, 0.15) is 18.9 Å². The average molecular weight is 248 g/mol. The lowest BCUT2D eigenvalue weighted by atomic mass is 10.0. The van der Waals surface area contributed by atoms with Gasteiger partial charge in [-0.1, -0.05) is 30.3 Å². The van der Waals surface area contributed by atoms with Gasteiger partial charge in [0.05, 0.1) is 0 Å². The molecule has 100 valence electrons. The SMILES string of the molecule is C[C@H]1CN(C)[C@@H](CCO)CN1Cc1ccccc1. The minimum absolute atomic E-state index is 0.280. The van der Waals surface area contributed by atoms with Crippen LogP contribution in [0, 0.1) is 0 Å². The predicted octanol–water partition coefficient (Wildman–Crippen LogP) is 1.57. The second kappa shape index (κ2) is 6.32. The zero-order valence-electron chi connectivity index (χ0n) is 11.4. The molecule has 0 bridgehead atoms. The van der Waals surface area contributed by atoms with Crippen LogP contribution in [0.2, 0.25) is 0 Å². The summed E-state index contributed by atoms with van der Waals surface area (Å²) in [5.41, 5.74) is 1.37. The molecule has 0 aromatic heterocycles. The van der Waals surface area contributed by atoms with Gasteiger partial charge >= 0.3 is 0 Å². The van der Waals surface area contributed by atoms with E-state index in [1.54, 1.807) is 0 Å². The molecule has 1 aromatic carbocycles. The van der Waals surface area contributed by atoms with Crippen molar-refractivity contribution in [2.24, 2.45) is 0 Å². The third-order valence-electron chi connectivity index (χ3n) is 3.93. The van der Waals surface area contributed by atoms with E-state index in [0.29, 0.717) is 12.1 Å². The van der Waals surface area contributed by atoms with Crippen molar-refractivity contribution in [3.05, 3.63) is 35.9 Å². The van der Waals surface area contributed by atoms with E-state index in [-0.39, 0.29) is 6.61 Å². The van der Waals surface area contributed by atoms with Gasteiger partial charge in [0.1, 0.15) is 0 Å². The summed E-state index contributed by atoms with van der Waals surface area (Å²) in [5.74, 6) is 0. The first-order valence-corrected chi connectivity index (χ1v) is 6.79.